The van der Waals surface area contributed by atoms with Crippen molar-refractivity contribution in [2.75, 3.05) is 12.5 Å². The smallest absolute Gasteiger partial charge is 0.318 e. The van der Waals surface area contributed by atoms with E-state index >= 15 is 0 Å². The second-order valence-electron chi connectivity index (χ2n) is 5.40. The molecule has 8 heteroatoms. The summed E-state index contributed by atoms with van der Waals surface area (Å²) >= 11 is 0. The van der Waals surface area contributed by atoms with E-state index in [0.717, 1.165) is 22.6 Å². The zero-order chi connectivity index (χ0) is 15.8. The maximum absolute atomic E-state index is 12.3. The molecule has 118 valence electrons. The number of hydrogen-bond acceptors (Lipinski definition) is 6. The number of carbonyl (C=O) groups excluding carboxylic acids is 1. The summed E-state index contributed by atoms with van der Waals surface area (Å²) < 4.78 is 10.6. The highest BCUT2D eigenvalue weighted by atomic mass is 16.7. The number of nitrogen functional groups attached to an aromatic ring is 1. The summed E-state index contributed by atoms with van der Waals surface area (Å²) in [6.07, 6.45) is 1.67. The number of ether oxygens (including phenoxy) is 2. The molecule has 4 rings (SSSR count). The minimum atomic E-state index is -0.153. The summed E-state index contributed by atoms with van der Waals surface area (Å²) in [6.45, 7) is 1.58. The van der Waals surface area contributed by atoms with Gasteiger partial charge in [-0.05, 0) is 17.7 Å². The van der Waals surface area contributed by atoms with Crippen LogP contribution in [0.3, 0.4) is 0 Å². The first-order valence-electron chi connectivity index (χ1n) is 7.20. The molecule has 2 aliphatic heterocycles. The molecule has 0 fully saturated rings. The van der Waals surface area contributed by atoms with Crippen molar-refractivity contribution < 1.29 is 14.3 Å². The minimum absolute atomic E-state index is 0.153. The molecule has 0 unspecified atom stereocenters. The van der Waals surface area contributed by atoms with Crippen LogP contribution in [0.4, 0.5) is 10.7 Å². The van der Waals surface area contributed by atoms with E-state index in [1.165, 1.54) is 0 Å². The fraction of sp³-hybridized carbons (Fsp3) is 0.267. The van der Waals surface area contributed by atoms with Gasteiger partial charge < -0.3 is 25.4 Å². The maximum atomic E-state index is 12.3. The first-order valence-corrected chi connectivity index (χ1v) is 7.20. The normalized spacial score (nSPS) is 14.7. The van der Waals surface area contributed by atoms with Crippen LogP contribution in [-0.2, 0) is 19.6 Å². The number of aromatic nitrogens is 2. The molecule has 0 spiro atoms. The Balaban J connectivity index is 1.38. The van der Waals surface area contributed by atoms with Gasteiger partial charge in [0, 0.05) is 18.3 Å². The molecule has 8 nitrogen and oxygen atoms in total. The summed E-state index contributed by atoms with van der Waals surface area (Å²) in [5.41, 5.74) is 8.25. The number of fused-ring (bicyclic) bond motifs is 2. The van der Waals surface area contributed by atoms with Crippen molar-refractivity contribution in [3.63, 3.8) is 0 Å². The summed E-state index contributed by atoms with van der Waals surface area (Å²) in [4.78, 5) is 22.1. The van der Waals surface area contributed by atoms with Crippen LogP contribution in [0.1, 0.15) is 16.8 Å². The number of benzene rings is 1. The van der Waals surface area contributed by atoms with Gasteiger partial charge in [0.25, 0.3) is 0 Å². The highest BCUT2D eigenvalue weighted by Crippen LogP contribution is 2.32. The largest absolute Gasteiger partial charge is 0.454 e. The van der Waals surface area contributed by atoms with E-state index < -0.39 is 0 Å². The molecule has 3 heterocycles. The van der Waals surface area contributed by atoms with Crippen LogP contribution in [0.5, 0.6) is 11.5 Å². The second-order valence-corrected chi connectivity index (χ2v) is 5.40. The number of hydrogen-bond donors (Lipinski definition) is 2. The Hall–Kier alpha value is -3.03. The quantitative estimate of drug-likeness (QED) is 0.858. The van der Waals surface area contributed by atoms with Crippen LogP contribution in [0.25, 0.3) is 0 Å². The zero-order valence-corrected chi connectivity index (χ0v) is 12.3. The van der Waals surface area contributed by atoms with E-state index in [0.29, 0.717) is 25.4 Å². The molecule has 0 saturated heterocycles. The van der Waals surface area contributed by atoms with E-state index in [9.17, 15) is 4.79 Å². The van der Waals surface area contributed by atoms with Gasteiger partial charge in [-0.2, -0.15) is 0 Å². The number of anilines is 1. The lowest BCUT2D eigenvalue weighted by Gasteiger charge is -2.16. The zero-order valence-electron chi connectivity index (χ0n) is 12.3. The van der Waals surface area contributed by atoms with Crippen LogP contribution in [0, 0.1) is 0 Å². The van der Waals surface area contributed by atoms with Gasteiger partial charge in [0.2, 0.25) is 12.7 Å². The van der Waals surface area contributed by atoms with Crippen molar-refractivity contribution in [1.82, 2.24) is 20.2 Å². The van der Waals surface area contributed by atoms with Crippen molar-refractivity contribution in [2.24, 2.45) is 0 Å². The third-order valence-corrected chi connectivity index (χ3v) is 3.84. The molecule has 0 atom stereocenters. The Morgan fingerprint density at radius 3 is 3.09 bits per heavy atom. The number of nitrogens with two attached hydrogens (primary N) is 1. The fourth-order valence-corrected chi connectivity index (χ4v) is 2.65. The summed E-state index contributed by atoms with van der Waals surface area (Å²) in [5.74, 6) is 1.66. The Kier molecular flexibility index (Phi) is 3.14. The topological polar surface area (TPSA) is 103 Å². The molecule has 2 amide bonds. The van der Waals surface area contributed by atoms with E-state index in [-0.39, 0.29) is 18.8 Å². The second kappa shape index (κ2) is 5.31. The lowest BCUT2D eigenvalue weighted by atomic mass is 10.2. The SMILES string of the molecule is Nc1ncc2c(n1)CN(C(=O)NCc1ccc3c(c1)OCO3)C2. The lowest BCUT2D eigenvalue weighted by molar-refractivity contribution is 0.174. The van der Waals surface area contributed by atoms with Crippen molar-refractivity contribution in [3.05, 3.63) is 41.2 Å². The number of amides is 2. The van der Waals surface area contributed by atoms with Crippen molar-refractivity contribution in [3.8, 4) is 11.5 Å². The number of rotatable bonds is 2. The molecule has 23 heavy (non-hydrogen) atoms. The summed E-state index contributed by atoms with van der Waals surface area (Å²) in [6, 6.07) is 5.46. The molecule has 1 aromatic heterocycles. The standard InChI is InChI=1S/C15H15N5O3/c16-14-17-5-10-6-20(7-11(10)19-14)15(21)18-4-9-1-2-12-13(3-9)23-8-22-12/h1-3,5H,4,6-8H2,(H,18,21)(H2,16,17,19). The third-order valence-electron chi connectivity index (χ3n) is 3.84. The predicted molar refractivity (Wildman–Crippen MR) is 80.5 cm³/mol. The van der Waals surface area contributed by atoms with Gasteiger partial charge in [0.15, 0.2) is 11.5 Å². The molecule has 2 aromatic rings. The van der Waals surface area contributed by atoms with Gasteiger partial charge in [0.05, 0.1) is 18.8 Å². The van der Waals surface area contributed by atoms with E-state index in [1.54, 1.807) is 11.1 Å². The van der Waals surface area contributed by atoms with Crippen molar-refractivity contribution >= 4 is 12.0 Å². The van der Waals surface area contributed by atoms with Gasteiger partial charge in [-0.3, -0.25) is 0 Å². The predicted octanol–water partition coefficient (Wildman–Crippen LogP) is 1.01. The molecule has 0 bridgehead atoms. The van der Waals surface area contributed by atoms with Crippen LogP contribution in [0.15, 0.2) is 24.4 Å². The van der Waals surface area contributed by atoms with Gasteiger partial charge >= 0.3 is 6.03 Å². The summed E-state index contributed by atoms with van der Waals surface area (Å²) in [5, 5.41) is 2.89. The highest BCUT2D eigenvalue weighted by molar-refractivity contribution is 5.75. The van der Waals surface area contributed by atoms with Gasteiger partial charge in [-0.1, -0.05) is 6.07 Å². The monoisotopic (exact) mass is 313 g/mol. The number of carbonyl (C=O) groups is 1. The third kappa shape index (κ3) is 2.59. The Labute approximate surface area is 132 Å². The molecular weight excluding hydrogens is 298 g/mol. The van der Waals surface area contributed by atoms with Gasteiger partial charge in [-0.25, -0.2) is 14.8 Å². The Bertz CT molecular complexity index is 780. The van der Waals surface area contributed by atoms with Gasteiger partial charge in [0.1, 0.15) is 0 Å². The Morgan fingerprint density at radius 1 is 1.30 bits per heavy atom. The molecule has 1 aromatic carbocycles. The van der Waals surface area contributed by atoms with E-state index in [1.807, 2.05) is 18.2 Å². The molecular formula is C15H15N5O3. The van der Waals surface area contributed by atoms with Gasteiger partial charge in [-0.15, -0.1) is 0 Å². The average molecular weight is 313 g/mol. The van der Waals surface area contributed by atoms with E-state index in [2.05, 4.69) is 15.3 Å². The van der Waals surface area contributed by atoms with Crippen LogP contribution < -0.4 is 20.5 Å². The van der Waals surface area contributed by atoms with Crippen LogP contribution in [-0.4, -0.2) is 27.7 Å². The number of nitrogens with zero attached hydrogens (tertiary/aromatic N) is 3. The fourth-order valence-electron chi connectivity index (χ4n) is 2.65. The number of urea groups is 1. The molecule has 2 aliphatic rings. The van der Waals surface area contributed by atoms with Crippen molar-refractivity contribution in [1.29, 1.82) is 0 Å². The van der Waals surface area contributed by atoms with Crippen LogP contribution in [0.2, 0.25) is 0 Å². The molecule has 0 aliphatic carbocycles. The van der Waals surface area contributed by atoms with E-state index in [4.69, 9.17) is 15.2 Å². The first-order chi connectivity index (χ1) is 11.2. The van der Waals surface area contributed by atoms with Crippen molar-refractivity contribution in [2.45, 2.75) is 19.6 Å². The lowest BCUT2D eigenvalue weighted by Crippen LogP contribution is -2.36. The maximum Gasteiger partial charge on any atom is 0.318 e. The summed E-state index contributed by atoms with van der Waals surface area (Å²) in [7, 11) is 0. The number of nitrogens with one attached hydrogen (secondary N) is 1. The molecule has 0 radical (unpaired) electrons. The Morgan fingerprint density at radius 2 is 2.17 bits per heavy atom. The highest BCUT2D eigenvalue weighted by Gasteiger charge is 2.25. The minimum Gasteiger partial charge on any atom is -0.454 e. The van der Waals surface area contributed by atoms with Crippen LogP contribution >= 0.6 is 0 Å². The molecule has 3 N–H and O–H groups in total. The molecule has 0 saturated carbocycles. The average Bonchev–Trinajstić information content (AvgIpc) is 3.17. The first kappa shape index (κ1) is 13.6.